The molecule has 1 N–H and O–H groups in total. The van der Waals surface area contributed by atoms with E-state index in [9.17, 15) is 8.42 Å². The molecule has 0 bridgehead atoms. The van der Waals surface area contributed by atoms with Crippen molar-refractivity contribution in [2.75, 3.05) is 24.5 Å². The van der Waals surface area contributed by atoms with Gasteiger partial charge in [0.15, 0.2) is 0 Å². The summed E-state index contributed by atoms with van der Waals surface area (Å²) in [6.07, 6.45) is 0.758. The lowest BCUT2D eigenvalue weighted by Gasteiger charge is -2.23. The first-order valence-corrected chi connectivity index (χ1v) is 9.37. The van der Waals surface area contributed by atoms with Gasteiger partial charge in [-0.25, -0.2) is 13.1 Å². The smallest absolute Gasteiger partial charge is 0.240 e. The fourth-order valence-electron chi connectivity index (χ4n) is 2.39. The quantitative estimate of drug-likeness (QED) is 0.755. The Morgan fingerprint density at radius 1 is 1.00 bits per heavy atom. The van der Waals surface area contributed by atoms with E-state index in [0.717, 1.165) is 30.8 Å². The second-order valence-corrected chi connectivity index (χ2v) is 7.25. The number of rotatable bonds is 8. The van der Waals surface area contributed by atoms with Gasteiger partial charge in [-0.05, 0) is 44.5 Å². The average Bonchev–Trinajstić information content (AvgIpc) is 2.56. The lowest BCUT2D eigenvalue weighted by Crippen LogP contribution is -2.30. The Bertz CT molecular complexity index is 698. The standard InChI is InChI=1S/C18H24N2O2S/c1-3-20(17-8-5-4-6-9-17)15-7-14-19-23(21,22)18-12-10-16(2)11-13-18/h4-6,8-13,19H,3,7,14-15H2,1-2H3. The van der Waals surface area contributed by atoms with Crippen LogP contribution in [0.1, 0.15) is 18.9 Å². The highest BCUT2D eigenvalue weighted by Crippen LogP contribution is 2.13. The Labute approximate surface area is 139 Å². The summed E-state index contributed by atoms with van der Waals surface area (Å²) in [5.41, 5.74) is 2.21. The van der Waals surface area contributed by atoms with E-state index in [1.165, 1.54) is 0 Å². The SMILES string of the molecule is CCN(CCCNS(=O)(=O)c1ccc(C)cc1)c1ccccc1. The van der Waals surface area contributed by atoms with E-state index in [4.69, 9.17) is 0 Å². The minimum Gasteiger partial charge on any atom is -0.372 e. The molecule has 0 unspecified atom stereocenters. The molecule has 0 radical (unpaired) electrons. The van der Waals surface area contributed by atoms with Crippen molar-refractivity contribution in [3.63, 3.8) is 0 Å². The van der Waals surface area contributed by atoms with Gasteiger partial charge in [-0.15, -0.1) is 0 Å². The lowest BCUT2D eigenvalue weighted by molar-refractivity contribution is 0.578. The Balaban J connectivity index is 1.85. The highest BCUT2D eigenvalue weighted by atomic mass is 32.2. The number of nitrogens with one attached hydrogen (secondary N) is 1. The summed E-state index contributed by atoms with van der Waals surface area (Å²) in [7, 11) is -3.41. The van der Waals surface area contributed by atoms with E-state index < -0.39 is 10.0 Å². The van der Waals surface area contributed by atoms with Gasteiger partial charge in [0.2, 0.25) is 10.0 Å². The number of sulfonamides is 1. The fraction of sp³-hybridized carbons (Fsp3) is 0.333. The number of hydrogen-bond donors (Lipinski definition) is 1. The van der Waals surface area contributed by atoms with Crippen LogP contribution in [0.4, 0.5) is 5.69 Å². The van der Waals surface area contributed by atoms with Crippen molar-refractivity contribution < 1.29 is 8.42 Å². The minimum atomic E-state index is -3.41. The average molecular weight is 332 g/mol. The summed E-state index contributed by atoms with van der Waals surface area (Å²) >= 11 is 0. The van der Waals surface area contributed by atoms with Crippen LogP contribution in [-0.4, -0.2) is 28.1 Å². The van der Waals surface area contributed by atoms with Crippen LogP contribution in [0.3, 0.4) is 0 Å². The highest BCUT2D eigenvalue weighted by molar-refractivity contribution is 7.89. The van der Waals surface area contributed by atoms with Crippen molar-refractivity contribution in [1.29, 1.82) is 0 Å². The largest absolute Gasteiger partial charge is 0.372 e. The first kappa shape index (κ1) is 17.5. The van der Waals surface area contributed by atoms with Gasteiger partial charge in [-0.1, -0.05) is 35.9 Å². The third-order valence-corrected chi connectivity index (χ3v) is 5.21. The van der Waals surface area contributed by atoms with Crippen LogP contribution in [0.2, 0.25) is 0 Å². The molecule has 2 rings (SSSR count). The second kappa shape index (κ2) is 8.13. The zero-order valence-electron chi connectivity index (χ0n) is 13.7. The molecular weight excluding hydrogens is 308 g/mol. The molecule has 23 heavy (non-hydrogen) atoms. The third kappa shape index (κ3) is 5.08. The first-order valence-electron chi connectivity index (χ1n) is 7.89. The predicted octanol–water partition coefficient (Wildman–Crippen LogP) is 3.19. The van der Waals surface area contributed by atoms with Crippen LogP contribution in [0, 0.1) is 6.92 Å². The molecule has 0 aromatic heterocycles. The van der Waals surface area contributed by atoms with Crippen molar-refractivity contribution in [3.05, 3.63) is 60.2 Å². The van der Waals surface area contributed by atoms with Crippen molar-refractivity contribution in [2.45, 2.75) is 25.2 Å². The molecule has 0 spiro atoms. The topological polar surface area (TPSA) is 49.4 Å². The Morgan fingerprint density at radius 2 is 1.65 bits per heavy atom. The number of nitrogens with zero attached hydrogens (tertiary/aromatic N) is 1. The maximum atomic E-state index is 12.2. The Hall–Kier alpha value is -1.85. The van der Waals surface area contributed by atoms with Gasteiger partial charge in [0, 0.05) is 25.3 Å². The zero-order valence-corrected chi connectivity index (χ0v) is 14.5. The predicted molar refractivity (Wildman–Crippen MR) is 95.3 cm³/mol. The van der Waals surface area contributed by atoms with Crippen LogP contribution in [0.5, 0.6) is 0 Å². The van der Waals surface area contributed by atoms with Crippen molar-refractivity contribution in [2.24, 2.45) is 0 Å². The van der Waals surface area contributed by atoms with E-state index in [2.05, 4.69) is 28.7 Å². The van der Waals surface area contributed by atoms with Gasteiger partial charge in [-0.3, -0.25) is 0 Å². The highest BCUT2D eigenvalue weighted by Gasteiger charge is 2.13. The number of benzene rings is 2. The molecule has 0 saturated carbocycles. The van der Waals surface area contributed by atoms with Crippen LogP contribution < -0.4 is 9.62 Å². The molecule has 4 nitrogen and oxygen atoms in total. The Morgan fingerprint density at radius 3 is 2.26 bits per heavy atom. The minimum absolute atomic E-state index is 0.318. The monoisotopic (exact) mass is 332 g/mol. The number of anilines is 1. The van der Waals surface area contributed by atoms with Crippen molar-refractivity contribution in [3.8, 4) is 0 Å². The number of para-hydroxylation sites is 1. The van der Waals surface area contributed by atoms with Crippen molar-refractivity contribution >= 4 is 15.7 Å². The van der Waals surface area contributed by atoms with Gasteiger partial charge < -0.3 is 4.90 Å². The van der Waals surface area contributed by atoms with E-state index in [0.29, 0.717) is 11.4 Å². The summed E-state index contributed by atoms with van der Waals surface area (Å²) < 4.78 is 27.1. The van der Waals surface area contributed by atoms with Crippen molar-refractivity contribution in [1.82, 2.24) is 4.72 Å². The van der Waals surface area contributed by atoms with Gasteiger partial charge in [0.05, 0.1) is 4.90 Å². The molecule has 124 valence electrons. The zero-order chi connectivity index (χ0) is 16.7. The molecule has 0 aliphatic rings. The molecular formula is C18H24N2O2S. The van der Waals surface area contributed by atoms with E-state index >= 15 is 0 Å². The number of hydrogen-bond acceptors (Lipinski definition) is 3. The maximum absolute atomic E-state index is 12.2. The molecule has 0 fully saturated rings. The molecule has 0 amide bonds. The molecule has 0 atom stereocenters. The fourth-order valence-corrected chi connectivity index (χ4v) is 3.46. The summed E-state index contributed by atoms with van der Waals surface area (Å²) in [6.45, 7) is 6.18. The summed E-state index contributed by atoms with van der Waals surface area (Å²) in [5, 5.41) is 0. The Kier molecular flexibility index (Phi) is 6.19. The normalized spacial score (nSPS) is 11.4. The van der Waals surface area contributed by atoms with Crippen LogP contribution in [-0.2, 0) is 10.0 Å². The first-order chi connectivity index (χ1) is 11.0. The van der Waals surface area contributed by atoms with Crippen LogP contribution in [0.25, 0.3) is 0 Å². The molecule has 0 saturated heterocycles. The second-order valence-electron chi connectivity index (χ2n) is 5.48. The summed E-state index contributed by atoms with van der Waals surface area (Å²) in [6, 6.07) is 17.1. The molecule has 5 heteroatoms. The molecule has 0 aliphatic carbocycles. The van der Waals surface area contributed by atoms with Gasteiger partial charge in [-0.2, -0.15) is 0 Å². The van der Waals surface area contributed by atoms with E-state index in [1.54, 1.807) is 12.1 Å². The van der Waals surface area contributed by atoms with Gasteiger partial charge in [0.1, 0.15) is 0 Å². The van der Waals surface area contributed by atoms with Crippen LogP contribution >= 0.6 is 0 Å². The molecule has 0 heterocycles. The molecule has 2 aromatic carbocycles. The van der Waals surface area contributed by atoms with Crippen LogP contribution in [0.15, 0.2) is 59.5 Å². The maximum Gasteiger partial charge on any atom is 0.240 e. The lowest BCUT2D eigenvalue weighted by atomic mass is 10.2. The third-order valence-electron chi connectivity index (χ3n) is 3.73. The van der Waals surface area contributed by atoms with Gasteiger partial charge in [0.25, 0.3) is 0 Å². The molecule has 0 aliphatic heterocycles. The van der Waals surface area contributed by atoms with E-state index in [-0.39, 0.29) is 0 Å². The molecule has 2 aromatic rings. The van der Waals surface area contributed by atoms with E-state index in [1.807, 2.05) is 37.3 Å². The summed E-state index contributed by atoms with van der Waals surface area (Å²) in [4.78, 5) is 2.55. The van der Waals surface area contributed by atoms with Gasteiger partial charge >= 0.3 is 0 Å². The summed E-state index contributed by atoms with van der Waals surface area (Å²) in [5.74, 6) is 0. The number of aryl methyl sites for hydroxylation is 1.